The largest absolute Gasteiger partial charge is 0.371 e. The molecule has 0 fully saturated rings. The number of nitrogens with one attached hydrogen (secondary N) is 2. The average Bonchev–Trinajstić information content (AvgIpc) is 3.01. The van der Waals surface area contributed by atoms with Crippen molar-refractivity contribution in [3.8, 4) is 0 Å². The monoisotopic (exact) mass is 316 g/mol. The van der Waals surface area contributed by atoms with Gasteiger partial charge in [0.1, 0.15) is 5.00 Å². The molecule has 3 rings (SSSR count). The minimum Gasteiger partial charge on any atom is -0.371 e. The number of sulfonamides is 1. The molecule has 0 aromatic carbocycles. The topological polar surface area (TPSA) is 101 Å². The SMILES string of the molecule is CNc1nc2sccn2c1S(=O)(=O)Nc1cnns1. The molecule has 0 amide bonds. The van der Waals surface area contributed by atoms with Gasteiger partial charge in [0.15, 0.2) is 10.8 Å². The zero-order valence-corrected chi connectivity index (χ0v) is 12.0. The normalized spacial score (nSPS) is 11.8. The van der Waals surface area contributed by atoms with Crippen LogP contribution in [0.25, 0.3) is 4.96 Å². The number of thiazole rings is 1. The molecule has 0 saturated carbocycles. The zero-order valence-electron chi connectivity index (χ0n) is 9.56. The van der Waals surface area contributed by atoms with Gasteiger partial charge in [-0.15, -0.1) is 16.4 Å². The van der Waals surface area contributed by atoms with E-state index in [4.69, 9.17) is 0 Å². The van der Waals surface area contributed by atoms with Crippen LogP contribution in [0.5, 0.6) is 0 Å². The molecule has 0 aliphatic heterocycles. The Kier molecular flexibility index (Phi) is 2.88. The summed E-state index contributed by atoms with van der Waals surface area (Å²) in [4.78, 5) is 4.81. The third-order valence-corrected chi connectivity index (χ3v) is 5.16. The third-order valence-electron chi connectivity index (χ3n) is 2.31. The maximum Gasteiger partial charge on any atom is 0.282 e. The Morgan fingerprint density at radius 2 is 2.26 bits per heavy atom. The molecule has 0 unspecified atom stereocenters. The maximum atomic E-state index is 12.4. The summed E-state index contributed by atoms with van der Waals surface area (Å²) in [5.41, 5.74) is 0. The maximum absolute atomic E-state index is 12.4. The van der Waals surface area contributed by atoms with Gasteiger partial charge in [0.25, 0.3) is 10.0 Å². The summed E-state index contributed by atoms with van der Waals surface area (Å²) in [5.74, 6) is 0.303. The molecule has 0 atom stereocenters. The number of hydrogen-bond acceptors (Lipinski definition) is 8. The summed E-state index contributed by atoms with van der Waals surface area (Å²) < 4.78 is 32.4. The van der Waals surface area contributed by atoms with E-state index in [-0.39, 0.29) is 5.03 Å². The molecule has 19 heavy (non-hydrogen) atoms. The molecule has 0 aliphatic rings. The first kappa shape index (κ1) is 12.3. The van der Waals surface area contributed by atoms with E-state index in [1.807, 2.05) is 0 Å². The Bertz CT molecular complexity index is 803. The van der Waals surface area contributed by atoms with Crippen LogP contribution in [0.1, 0.15) is 0 Å². The summed E-state index contributed by atoms with van der Waals surface area (Å²) in [5, 5.41) is 8.57. The highest BCUT2D eigenvalue weighted by Crippen LogP contribution is 2.27. The standard InChI is InChI=1S/C8H8N6O2S3/c1-9-6-7(14-2-3-17-8(14)11-6)19(15,16)12-5-4-10-13-18-5/h2-4,9,12H,1H3. The van der Waals surface area contributed by atoms with E-state index in [0.717, 1.165) is 11.5 Å². The highest BCUT2D eigenvalue weighted by Gasteiger charge is 2.26. The van der Waals surface area contributed by atoms with Gasteiger partial charge in [0, 0.05) is 30.2 Å². The van der Waals surface area contributed by atoms with Gasteiger partial charge in [-0.3, -0.25) is 9.12 Å². The molecule has 2 N–H and O–H groups in total. The fourth-order valence-corrected chi connectivity index (χ4v) is 4.33. The van der Waals surface area contributed by atoms with Crippen molar-refractivity contribution in [3.05, 3.63) is 17.8 Å². The van der Waals surface area contributed by atoms with E-state index in [9.17, 15) is 8.42 Å². The second-order valence-corrected chi connectivity index (χ2v) is 6.71. The van der Waals surface area contributed by atoms with Gasteiger partial charge in [-0.05, 0) is 0 Å². The lowest BCUT2D eigenvalue weighted by atomic mass is 10.7. The molecule has 3 heterocycles. The lowest BCUT2D eigenvalue weighted by molar-refractivity contribution is 0.597. The van der Waals surface area contributed by atoms with E-state index in [0.29, 0.717) is 15.8 Å². The van der Waals surface area contributed by atoms with Gasteiger partial charge in [-0.2, -0.15) is 8.42 Å². The molecule has 0 aliphatic carbocycles. The second kappa shape index (κ2) is 4.43. The van der Waals surface area contributed by atoms with Crippen molar-refractivity contribution in [2.45, 2.75) is 5.03 Å². The first-order valence-corrected chi connectivity index (χ1v) is 8.19. The summed E-state index contributed by atoms with van der Waals surface area (Å²) >= 11 is 2.33. The van der Waals surface area contributed by atoms with Crippen LogP contribution in [0.15, 0.2) is 22.8 Å². The molecule has 100 valence electrons. The Labute approximate surface area is 116 Å². The van der Waals surface area contributed by atoms with Crippen LogP contribution in [-0.2, 0) is 10.0 Å². The zero-order chi connectivity index (χ0) is 13.5. The first-order chi connectivity index (χ1) is 9.12. The van der Waals surface area contributed by atoms with Crippen LogP contribution >= 0.6 is 22.9 Å². The number of nitrogens with zero attached hydrogens (tertiary/aromatic N) is 4. The molecular weight excluding hydrogens is 308 g/mol. The molecule has 0 saturated heterocycles. The van der Waals surface area contributed by atoms with Gasteiger partial charge < -0.3 is 5.32 Å². The van der Waals surface area contributed by atoms with Crippen LogP contribution in [-0.4, -0.2) is 34.4 Å². The summed E-state index contributed by atoms with van der Waals surface area (Å²) in [7, 11) is -2.13. The van der Waals surface area contributed by atoms with E-state index in [1.165, 1.54) is 21.9 Å². The highest BCUT2D eigenvalue weighted by molar-refractivity contribution is 7.93. The van der Waals surface area contributed by atoms with E-state index in [1.54, 1.807) is 18.6 Å². The minimum absolute atomic E-state index is 0.0691. The summed E-state index contributed by atoms with van der Waals surface area (Å²) in [6.07, 6.45) is 3.01. The molecule has 0 spiro atoms. The lowest BCUT2D eigenvalue weighted by Crippen LogP contribution is -2.15. The number of aromatic nitrogens is 4. The lowest BCUT2D eigenvalue weighted by Gasteiger charge is -2.05. The Morgan fingerprint density at radius 3 is 2.95 bits per heavy atom. The van der Waals surface area contributed by atoms with Crippen molar-refractivity contribution in [1.29, 1.82) is 0 Å². The van der Waals surface area contributed by atoms with E-state index in [2.05, 4.69) is 24.6 Å². The predicted octanol–water partition coefficient (Wildman–Crippen LogP) is 1.09. The van der Waals surface area contributed by atoms with Crippen LogP contribution in [0, 0.1) is 0 Å². The number of fused-ring (bicyclic) bond motifs is 1. The average molecular weight is 316 g/mol. The number of rotatable bonds is 4. The molecular formula is C8H8N6O2S3. The molecule has 0 radical (unpaired) electrons. The Morgan fingerprint density at radius 1 is 1.42 bits per heavy atom. The smallest absolute Gasteiger partial charge is 0.282 e. The van der Waals surface area contributed by atoms with Crippen molar-refractivity contribution < 1.29 is 8.42 Å². The fourth-order valence-electron chi connectivity index (χ4n) is 1.58. The molecule has 8 nitrogen and oxygen atoms in total. The van der Waals surface area contributed by atoms with Gasteiger partial charge in [0.2, 0.25) is 5.03 Å². The quantitative estimate of drug-likeness (QED) is 0.747. The van der Waals surface area contributed by atoms with Crippen molar-refractivity contribution >= 4 is 48.7 Å². The molecule has 3 aromatic rings. The molecule has 3 aromatic heterocycles. The second-order valence-electron chi connectivity index (χ2n) is 3.46. The molecule has 0 bridgehead atoms. The van der Waals surface area contributed by atoms with E-state index >= 15 is 0 Å². The Balaban J connectivity index is 2.14. The van der Waals surface area contributed by atoms with Gasteiger partial charge in [-0.1, -0.05) is 4.49 Å². The summed E-state index contributed by atoms with van der Waals surface area (Å²) in [6, 6.07) is 0. The van der Waals surface area contributed by atoms with Crippen LogP contribution in [0.2, 0.25) is 0 Å². The van der Waals surface area contributed by atoms with Crippen LogP contribution < -0.4 is 10.0 Å². The third kappa shape index (κ3) is 2.05. The van der Waals surface area contributed by atoms with E-state index < -0.39 is 10.0 Å². The minimum atomic E-state index is -3.75. The van der Waals surface area contributed by atoms with Gasteiger partial charge >= 0.3 is 0 Å². The number of imidazole rings is 1. The number of anilines is 2. The van der Waals surface area contributed by atoms with Crippen molar-refractivity contribution in [2.75, 3.05) is 17.1 Å². The fraction of sp³-hybridized carbons (Fsp3) is 0.125. The highest BCUT2D eigenvalue weighted by atomic mass is 32.2. The van der Waals surface area contributed by atoms with Crippen LogP contribution in [0.3, 0.4) is 0 Å². The van der Waals surface area contributed by atoms with Gasteiger partial charge in [-0.25, -0.2) is 4.98 Å². The van der Waals surface area contributed by atoms with Crippen molar-refractivity contribution in [2.24, 2.45) is 0 Å². The van der Waals surface area contributed by atoms with Crippen LogP contribution in [0.4, 0.5) is 10.8 Å². The molecule has 11 heteroatoms. The van der Waals surface area contributed by atoms with Crippen molar-refractivity contribution in [3.63, 3.8) is 0 Å². The predicted molar refractivity (Wildman–Crippen MR) is 73.3 cm³/mol. The van der Waals surface area contributed by atoms with Gasteiger partial charge in [0.05, 0.1) is 6.20 Å². The Hall–Kier alpha value is -1.72. The summed E-state index contributed by atoms with van der Waals surface area (Å²) in [6.45, 7) is 0. The van der Waals surface area contributed by atoms with Crippen molar-refractivity contribution in [1.82, 2.24) is 19.0 Å². The first-order valence-electron chi connectivity index (χ1n) is 5.05. The number of hydrogen-bond donors (Lipinski definition) is 2.